The van der Waals surface area contributed by atoms with Crippen LogP contribution >= 0.6 is 0 Å². The van der Waals surface area contributed by atoms with Crippen molar-refractivity contribution in [2.75, 3.05) is 5.75 Å². The van der Waals surface area contributed by atoms with Crippen molar-refractivity contribution >= 4 is 16.0 Å². The highest BCUT2D eigenvalue weighted by Crippen LogP contribution is 2.14. The van der Waals surface area contributed by atoms with Gasteiger partial charge in [-0.15, -0.1) is 0 Å². The van der Waals surface area contributed by atoms with Crippen LogP contribution in [0.25, 0.3) is 0 Å². The van der Waals surface area contributed by atoms with E-state index in [1.165, 1.54) is 96.0 Å². The van der Waals surface area contributed by atoms with E-state index in [9.17, 15) is 22.9 Å². The summed E-state index contributed by atoms with van der Waals surface area (Å²) in [6.07, 6.45) is 62.6. The fourth-order valence-corrected chi connectivity index (χ4v) is 6.91. The van der Waals surface area contributed by atoms with Crippen LogP contribution in [0.3, 0.4) is 0 Å². The molecule has 0 heterocycles. The maximum atomic E-state index is 12.5. The maximum Gasteiger partial charge on any atom is 0.267 e. The molecule has 0 aliphatic heterocycles. The highest BCUT2D eigenvalue weighted by Gasteiger charge is 2.24. The van der Waals surface area contributed by atoms with E-state index in [0.29, 0.717) is 12.8 Å². The van der Waals surface area contributed by atoms with Gasteiger partial charge in [0.25, 0.3) is 10.1 Å². The number of rotatable bonds is 39. The molecule has 0 aliphatic carbocycles. The fraction of sp³-hybridized carbons (Fsp3) is 0.653. The summed E-state index contributed by atoms with van der Waals surface area (Å²) >= 11 is 0. The van der Waals surface area contributed by atoms with Crippen molar-refractivity contribution < 1.29 is 22.9 Å². The third kappa shape index (κ3) is 42.4. The van der Waals surface area contributed by atoms with Crippen molar-refractivity contribution in [3.05, 3.63) is 97.2 Å². The van der Waals surface area contributed by atoms with E-state index in [-0.39, 0.29) is 12.3 Å². The Morgan fingerprint density at radius 1 is 0.500 bits per heavy atom. The number of hydrogen-bond donors (Lipinski definition) is 3. The molecule has 0 saturated carbocycles. The van der Waals surface area contributed by atoms with Gasteiger partial charge in [0.15, 0.2) is 0 Å². The Labute approximate surface area is 345 Å². The van der Waals surface area contributed by atoms with Crippen molar-refractivity contribution in [3.63, 3.8) is 0 Å². The van der Waals surface area contributed by atoms with E-state index in [0.717, 1.165) is 64.2 Å². The lowest BCUT2D eigenvalue weighted by atomic mass is 10.0. The van der Waals surface area contributed by atoms with Gasteiger partial charge in [-0.3, -0.25) is 9.35 Å². The Morgan fingerprint density at radius 2 is 0.875 bits per heavy atom. The molecule has 7 heteroatoms. The summed E-state index contributed by atoms with van der Waals surface area (Å²) in [5.74, 6) is -1.07. The highest BCUT2D eigenvalue weighted by molar-refractivity contribution is 7.85. The van der Waals surface area contributed by atoms with Crippen molar-refractivity contribution in [2.45, 2.75) is 199 Å². The van der Waals surface area contributed by atoms with E-state index in [2.05, 4.69) is 104 Å². The molecule has 3 N–H and O–H groups in total. The standard InChI is InChI=1S/C49H83NO5S/c1-3-5-7-9-11-13-15-17-19-21-23-25-27-29-31-33-35-37-39-41-43-45-49(52)50-47(46-56(53,54)55)48(51)44-42-40-38-36-34-32-30-28-26-24-22-20-18-16-14-12-10-8-6-4-2/h5,7,11,13,17,19,23,25,29,31,34-37,42,44,47-48,51H,3-4,6,8-10,12,14-16,18,20-22,24,26-28,30,32-33,38-41,43,45-46H2,1-2H3,(H,50,52)(H,53,54,55)/b7-5-,13-11-,19-17-,25-23-,31-29-,36-34+,37-35-,44-42+. The number of carbonyl (C=O) groups excluding carboxylic acids is 1. The zero-order valence-corrected chi connectivity index (χ0v) is 36.5. The molecule has 0 aliphatic rings. The first kappa shape index (κ1) is 53.3. The molecule has 6 nitrogen and oxygen atoms in total. The van der Waals surface area contributed by atoms with Gasteiger partial charge in [0.05, 0.1) is 17.9 Å². The Kier molecular flexibility index (Phi) is 39.8. The van der Waals surface area contributed by atoms with Crippen molar-refractivity contribution in [1.29, 1.82) is 0 Å². The number of allylic oxidation sites excluding steroid dienone is 15. The summed E-state index contributed by atoms with van der Waals surface area (Å²) < 4.78 is 32.6. The van der Waals surface area contributed by atoms with Crippen LogP contribution in [0.1, 0.15) is 187 Å². The monoisotopic (exact) mass is 798 g/mol. The predicted molar refractivity (Wildman–Crippen MR) is 243 cm³/mol. The Hall–Kier alpha value is -2.74. The quantitative estimate of drug-likeness (QED) is 0.0326. The summed E-state index contributed by atoms with van der Waals surface area (Å²) in [5, 5.41) is 13.2. The molecule has 0 saturated heterocycles. The van der Waals surface area contributed by atoms with Crippen LogP contribution in [0.4, 0.5) is 0 Å². The molecule has 0 spiro atoms. The van der Waals surface area contributed by atoms with Crippen LogP contribution in [-0.4, -0.2) is 41.9 Å². The SMILES string of the molecule is CC/C=C\C/C=C\C/C=C\C/C=C\C/C=C\C/C=C\CCCCC(=O)NC(CS(=O)(=O)O)C(O)/C=C/CC/C=C/CCCCCCCCCCCCCCCC. The molecule has 0 bridgehead atoms. The van der Waals surface area contributed by atoms with Gasteiger partial charge >= 0.3 is 0 Å². The van der Waals surface area contributed by atoms with Crippen LogP contribution in [0, 0.1) is 0 Å². The minimum atomic E-state index is -4.38. The first-order valence-corrected chi connectivity index (χ1v) is 24.0. The smallest absolute Gasteiger partial charge is 0.267 e. The molecule has 0 radical (unpaired) electrons. The number of hydrogen-bond acceptors (Lipinski definition) is 4. The molecule has 0 aromatic heterocycles. The lowest BCUT2D eigenvalue weighted by Crippen LogP contribution is -2.46. The van der Waals surface area contributed by atoms with E-state index in [1.807, 2.05) is 0 Å². The normalized spacial score (nSPS) is 14.1. The van der Waals surface area contributed by atoms with E-state index in [4.69, 9.17) is 0 Å². The van der Waals surface area contributed by atoms with E-state index in [1.54, 1.807) is 6.08 Å². The molecule has 0 rings (SSSR count). The van der Waals surface area contributed by atoms with Gasteiger partial charge in [-0.05, 0) is 83.5 Å². The summed E-state index contributed by atoms with van der Waals surface area (Å²) in [4.78, 5) is 12.5. The number of unbranched alkanes of at least 4 members (excludes halogenated alkanes) is 17. The van der Waals surface area contributed by atoms with Crippen molar-refractivity contribution in [3.8, 4) is 0 Å². The summed E-state index contributed by atoms with van der Waals surface area (Å²) in [5.41, 5.74) is 0. The van der Waals surface area contributed by atoms with Crippen LogP contribution in [-0.2, 0) is 14.9 Å². The molecule has 1 amide bonds. The average molecular weight is 798 g/mol. The van der Waals surface area contributed by atoms with Gasteiger partial charge in [0.2, 0.25) is 5.91 Å². The zero-order chi connectivity index (χ0) is 41.1. The van der Waals surface area contributed by atoms with E-state index < -0.39 is 28.0 Å². The summed E-state index contributed by atoms with van der Waals surface area (Å²) in [7, 11) is -4.38. The number of aliphatic hydroxyl groups is 1. The first-order valence-electron chi connectivity index (χ1n) is 22.4. The maximum absolute atomic E-state index is 12.5. The Balaban J connectivity index is 4.05. The minimum absolute atomic E-state index is 0.227. The van der Waals surface area contributed by atoms with Crippen LogP contribution < -0.4 is 5.32 Å². The number of aliphatic hydroxyl groups excluding tert-OH is 1. The highest BCUT2D eigenvalue weighted by atomic mass is 32.2. The van der Waals surface area contributed by atoms with Crippen molar-refractivity contribution in [1.82, 2.24) is 5.32 Å². The second-order valence-electron chi connectivity index (χ2n) is 14.9. The minimum Gasteiger partial charge on any atom is -0.387 e. The average Bonchev–Trinajstić information content (AvgIpc) is 3.16. The van der Waals surface area contributed by atoms with Gasteiger partial charge in [-0.1, -0.05) is 195 Å². The van der Waals surface area contributed by atoms with Crippen LogP contribution in [0.15, 0.2) is 97.2 Å². The molecule has 0 aromatic carbocycles. The number of nitrogens with one attached hydrogen (secondary N) is 1. The van der Waals surface area contributed by atoms with E-state index >= 15 is 0 Å². The molecule has 0 aromatic rings. The van der Waals surface area contributed by atoms with Crippen LogP contribution in [0.5, 0.6) is 0 Å². The lowest BCUT2D eigenvalue weighted by molar-refractivity contribution is -0.122. The molecule has 320 valence electrons. The third-order valence-electron chi connectivity index (χ3n) is 9.49. The van der Waals surface area contributed by atoms with Gasteiger partial charge in [-0.2, -0.15) is 8.42 Å². The summed E-state index contributed by atoms with van der Waals surface area (Å²) in [6, 6.07) is -1.10. The molecule has 56 heavy (non-hydrogen) atoms. The summed E-state index contributed by atoms with van der Waals surface area (Å²) in [6.45, 7) is 4.42. The molecular weight excluding hydrogens is 715 g/mol. The van der Waals surface area contributed by atoms with Gasteiger partial charge < -0.3 is 10.4 Å². The Bertz CT molecular complexity index is 1240. The third-order valence-corrected chi connectivity index (χ3v) is 10.3. The van der Waals surface area contributed by atoms with Gasteiger partial charge in [-0.25, -0.2) is 0 Å². The fourth-order valence-electron chi connectivity index (χ4n) is 6.17. The zero-order valence-electron chi connectivity index (χ0n) is 35.7. The second-order valence-corrected chi connectivity index (χ2v) is 16.4. The van der Waals surface area contributed by atoms with Crippen molar-refractivity contribution in [2.24, 2.45) is 0 Å². The number of amides is 1. The molecule has 2 unspecified atom stereocenters. The molecular formula is C49H83NO5S. The molecule has 0 fully saturated rings. The largest absolute Gasteiger partial charge is 0.387 e. The first-order chi connectivity index (χ1) is 27.3. The second kappa shape index (κ2) is 41.9. The van der Waals surface area contributed by atoms with Gasteiger partial charge in [0, 0.05) is 6.42 Å². The lowest BCUT2D eigenvalue weighted by Gasteiger charge is -2.21. The Morgan fingerprint density at radius 3 is 1.34 bits per heavy atom. The predicted octanol–water partition coefficient (Wildman–Crippen LogP) is 13.7. The van der Waals surface area contributed by atoms with Gasteiger partial charge in [0.1, 0.15) is 0 Å². The molecule has 2 atom stereocenters. The van der Waals surface area contributed by atoms with Crippen LogP contribution in [0.2, 0.25) is 0 Å². The topological polar surface area (TPSA) is 104 Å². The number of carbonyl (C=O) groups is 1.